The Kier molecular flexibility index (Phi) is 3.28. The maximum Gasteiger partial charge on any atom is 0.269 e. The molecule has 0 aromatic carbocycles. The van der Waals surface area contributed by atoms with Gasteiger partial charge in [0.05, 0.1) is 6.33 Å². The molecule has 0 fully saturated rings. The highest BCUT2D eigenvalue weighted by atomic mass is 79.9. The number of nitrogens with two attached hydrogens (primary N) is 1. The second-order valence-corrected chi connectivity index (χ2v) is 3.79. The molecule has 1 heterocycles. The molecule has 2 N–H and O–H groups in total. The summed E-state index contributed by atoms with van der Waals surface area (Å²) in [5.74, 6) is -0.608. The lowest BCUT2D eigenvalue weighted by Crippen LogP contribution is -2.32. The number of carbonyl (C=O) groups is 1. The van der Waals surface area contributed by atoms with Crippen molar-refractivity contribution in [3.05, 3.63) is 26.3 Å². The van der Waals surface area contributed by atoms with Crippen LogP contribution in [0.4, 0.5) is 0 Å². The number of hydrogen-bond acceptors (Lipinski definition) is 3. The van der Waals surface area contributed by atoms with E-state index in [1.165, 1.54) is 13.3 Å². The molecule has 1 rings (SSSR count). The zero-order valence-corrected chi connectivity index (χ0v) is 9.54. The van der Waals surface area contributed by atoms with E-state index < -0.39 is 17.5 Å². The first-order chi connectivity index (χ1) is 6.45. The van der Waals surface area contributed by atoms with Crippen LogP contribution >= 0.6 is 27.5 Å². The van der Waals surface area contributed by atoms with Crippen LogP contribution in [0.5, 0.6) is 0 Å². The van der Waals surface area contributed by atoms with Crippen molar-refractivity contribution in [1.82, 2.24) is 9.55 Å². The molecule has 0 aliphatic heterocycles. The van der Waals surface area contributed by atoms with Crippen LogP contribution in [0.3, 0.4) is 0 Å². The molecule has 0 spiro atoms. The fraction of sp³-hybridized carbons (Fsp3) is 0.286. The number of primary amides is 1. The Bertz CT molecular complexity index is 431. The number of halogens is 2. The first-order valence-electron chi connectivity index (χ1n) is 3.66. The average molecular weight is 281 g/mol. The smallest absolute Gasteiger partial charge is 0.269 e. The molecule has 1 atom stereocenters. The third-order valence-corrected chi connectivity index (χ3v) is 2.96. The molecule has 0 aliphatic carbocycles. The minimum Gasteiger partial charge on any atom is -0.368 e. The molecule has 0 saturated heterocycles. The third kappa shape index (κ3) is 1.96. The average Bonchev–Trinajstić information content (AvgIpc) is 2.13. The second kappa shape index (κ2) is 4.10. The highest BCUT2D eigenvalue weighted by Crippen LogP contribution is 2.14. The SMILES string of the molecule is CC(C(N)=O)n1cnc(Cl)c(Br)c1=O. The molecule has 1 amide bonds. The molecule has 0 radical (unpaired) electrons. The van der Waals surface area contributed by atoms with E-state index in [0.29, 0.717) is 0 Å². The molecule has 0 aliphatic rings. The van der Waals surface area contributed by atoms with Gasteiger partial charge in [-0.15, -0.1) is 0 Å². The van der Waals surface area contributed by atoms with E-state index in [1.807, 2.05) is 0 Å². The quantitative estimate of drug-likeness (QED) is 0.810. The number of aromatic nitrogens is 2. The van der Waals surface area contributed by atoms with Crippen molar-refractivity contribution in [3.8, 4) is 0 Å². The van der Waals surface area contributed by atoms with Crippen LogP contribution in [0.1, 0.15) is 13.0 Å². The van der Waals surface area contributed by atoms with Gasteiger partial charge in [-0.3, -0.25) is 14.2 Å². The molecular formula is C7H7BrClN3O2. The van der Waals surface area contributed by atoms with Crippen LogP contribution in [0.2, 0.25) is 5.15 Å². The minimum atomic E-state index is -0.747. The van der Waals surface area contributed by atoms with E-state index in [2.05, 4.69) is 20.9 Å². The standard InChI is InChI=1S/C7H7BrClN3O2/c1-3(6(10)13)12-2-11-5(9)4(8)7(12)14/h2-3H,1H3,(H2,10,13). The normalized spacial score (nSPS) is 12.5. The lowest BCUT2D eigenvalue weighted by molar-refractivity contribution is -0.120. The van der Waals surface area contributed by atoms with Gasteiger partial charge in [0.25, 0.3) is 5.56 Å². The van der Waals surface area contributed by atoms with E-state index in [9.17, 15) is 9.59 Å². The van der Waals surface area contributed by atoms with E-state index in [-0.39, 0.29) is 9.63 Å². The fourth-order valence-electron chi connectivity index (χ4n) is 0.837. The molecule has 7 heteroatoms. The summed E-state index contributed by atoms with van der Waals surface area (Å²) in [5.41, 5.74) is 4.62. The Hall–Kier alpha value is -0.880. The molecule has 1 aromatic heterocycles. The Morgan fingerprint density at radius 3 is 2.86 bits per heavy atom. The first kappa shape index (κ1) is 11.2. The molecule has 1 aromatic rings. The summed E-state index contributed by atoms with van der Waals surface area (Å²) in [6.07, 6.45) is 1.19. The highest BCUT2D eigenvalue weighted by molar-refractivity contribution is 9.10. The number of amides is 1. The predicted molar refractivity (Wildman–Crippen MR) is 55.1 cm³/mol. The van der Waals surface area contributed by atoms with Gasteiger partial charge in [0.2, 0.25) is 5.91 Å². The fourth-order valence-corrected chi connectivity index (χ4v) is 1.27. The molecule has 76 valence electrons. The summed E-state index contributed by atoms with van der Waals surface area (Å²) in [6.45, 7) is 1.51. The van der Waals surface area contributed by atoms with Crippen molar-refractivity contribution in [3.63, 3.8) is 0 Å². The van der Waals surface area contributed by atoms with Gasteiger partial charge in [-0.25, -0.2) is 4.98 Å². The van der Waals surface area contributed by atoms with Crippen LogP contribution in [0.25, 0.3) is 0 Å². The van der Waals surface area contributed by atoms with Crippen molar-refractivity contribution < 1.29 is 4.79 Å². The molecule has 5 nitrogen and oxygen atoms in total. The van der Waals surface area contributed by atoms with Gasteiger partial charge in [-0.05, 0) is 22.9 Å². The van der Waals surface area contributed by atoms with Gasteiger partial charge in [0, 0.05) is 0 Å². The lowest BCUT2D eigenvalue weighted by atomic mass is 10.3. The monoisotopic (exact) mass is 279 g/mol. The van der Waals surface area contributed by atoms with Gasteiger partial charge in [0.15, 0.2) is 5.15 Å². The van der Waals surface area contributed by atoms with E-state index in [1.54, 1.807) is 0 Å². The molecule has 14 heavy (non-hydrogen) atoms. The Labute approximate surface area is 93.0 Å². The predicted octanol–water partition coefficient (Wildman–Crippen LogP) is 0.705. The topological polar surface area (TPSA) is 78.0 Å². The Balaban J connectivity index is 3.32. The van der Waals surface area contributed by atoms with Gasteiger partial charge < -0.3 is 5.73 Å². The largest absolute Gasteiger partial charge is 0.368 e. The van der Waals surface area contributed by atoms with Crippen molar-refractivity contribution >= 4 is 33.4 Å². The first-order valence-corrected chi connectivity index (χ1v) is 4.83. The summed E-state index contributed by atoms with van der Waals surface area (Å²) < 4.78 is 1.23. The zero-order valence-electron chi connectivity index (χ0n) is 7.20. The minimum absolute atomic E-state index is 0.0583. The summed E-state index contributed by atoms with van der Waals surface area (Å²) in [6, 6.07) is -0.747. The summed E-state index contributed by atoms with van der Waals surface area (Å²) >= 11 is 8.55. The van der Waals surface area contributed by atoms with Crippen molar-refractivity contribution in [1.29, 1.82) is 0 Å². The third-order valence-electron chi connectivity index (χ3n) is 1.73. The maximum absolute atomic E-state index is 11.5. The van der Waals surface area contributed by atoms with Gasteiger partial charge in [0.1, 0.15) is 10.5 Å². The Morgan fingerprint density at radius 1 is 1.79 bits per heavy atom. The summed E-state index contributed by atoms with van der Waals surface area (Å²) in [7, 11) is 0. The van der Waals surface area contributed by atoms with Crippen molar-refractivity contribution in [2.24, 2.45) is 5.73 Å². The maximum atomic E-state index is 11.5. The number of rotatable bonds is 2. The summed E-state index contributed by atoms with van der Waals surface area (Å²) in [4.78, 5) is 26.1. The van der Waals surface area contributed by atoms with E-state index >= 15 is 0 Å². The zero-order chi connectivity index (χ0) is 10.9. The number of hydrogen-bond donors (Lipinski definition) is 1. The van der Waals surface area contributed by atoms with Crippen LogP contribution < -0.4 is 11.3 Å². The molecule has 0 saturated carbocycles. The van der Waals surface area contributed by atoms with Gasteiger partial charge >= 0.3 is 0 Å². The van der Waals surface area contributed by atoms with Crippen LogP contribution in [0.15, 0.2) is 15.6 Å². The molecular weight excluding hydrogens is 273 g/mol. The van der Waals surface area contributed by atoms with Crippen molar-refractivity contribution in [2.75, 3.05) is 0 Å². The van der Waals surface area contributed by atoms with E-state index in [4.69, 9.17) is 17.3 Å². The van der Waals surface area contributed by atoms with Crippen molar-refractivity contribution in [2.45, 2.75) is 13.0 Å². The van der Waals surface area contributed by atoms with Crippen LogP contribution in [-0.2, 0) is 4.79 Å². The van der Waals surface area contributed by atoms with Crippen LogP contribution in [-0.4, -0.2) is 15.5 Å². The van der Waals surface area contributed by atoms with Gasteiger partial charge in [-0.2, -0.15) is 0 Å². The second-order valence-electron chi connectivity index (χ2n) is 2.64. The number of nitrogens with zero attached hydrogens (tertiary/aromatic N) is 2. The Morgan fingerprint density at radius 2 is 2.36 bits per heavy atom. The lowest BCUT2D eigenvalue weighted by Gasteiger charge is -2.10. The van der Waals surface area contributed by atoms with E-state index in [0.717, 1.165) is 4.57 Å². The molecule has 1 unspecified atom stereocenters. The molecule has 0 bridgehead atoms. The highest BCUT2D eigenvalue weighted by Gasteiger charge is 2.15. The van der Waals surface area contributed by atoms with Crippen LogP contribution in [0, 0.1) is 0 Å². The number of carbonyl (C=O) groups excluding carboxylic acids is 1. The van der Waals surface area contributed by atoms with Gasteiger partial charge in [-0.1, -0.05) is 11.6 Å². The summed E-state index contributed by atoms with van der Waals surface area (Å²) in [5, 5.41) is 0.0583.